The normalized spacial score (nSPS) is 10.8. The number of benzene rings is 2. The van der Waals surface area contributed by atoms with Crippen LogP contribution in [0.5, 0.6) is 0 Å². The lowest BCUT2D eigenvalue weighted by atomic mass is 10.3. The van der Waals surface area contributed by atoms with Gasteiger partial charge in [0, 0.05) is 24.6 Å². The fraction of sp³-hybridized carbons (Fsp3) is 0.0526. The predicted molar refractivity (Wildman–Crippen MR) is 92.6 cm³/mol. The minimum Gasteiger partial charge on any atom is -0.351 e. The Labute approximate surface area is 134 Å². The van der Waals surface area contributed by atoms with Gasteiger partial charge in [0.1, 0.15) is 0 Å². The molecule has 0 saturated heterocycles. The summed E-state index contributed by atoms with van der Waals surface area (Å²) >= 11 is 0. The highest BCUT2D eigenvalue weighted by Gasteiger charge is 2.11. The van der Waals surface area contributed by atoms with Gasteiger partial charge >= 0.3 is 0 Å². The number of pyridine rings is 1. The first kappa shape index (κ1) is 13.5. The van der Waals surface area contributed by atoms with Crippen LogP contribution in [-0.2, 0) is 6.54 Å². The predicted octanol–water partition coefficient (Wildman–Crippen LogP) is 4.03. The standard InChI is InChI=1S/C19H16N4/c1-2-8-16(9-3-1)23-18-11-5-4-10-17(18)22-19(23)21-14-15-7-6-12-20-13-15/h1-13H,14H2,(H,21,22). The van der Waals surface area contributed by atoms with Gasteiger partial charge in [-0.25, -0.2) is 4.98 Å². The van der Waals surface area contributed by atoms with E-state index < -0.39 is 0 Å². The van der Waals surface area contributed by atoms with Crippen LogP contribution in [0.4, 0.5) is 5.95 Å². The zero-order valence-electron chi connectivity index (χ0n) is 12.6. The first-order valence-electron chi connectivity index (χ1n) is 7.57. The van der Waals surface area contributed by atoms with Gasteiger partial charge in [-0.1, -0.05) is 36.4 Å². The van der Waals surface area contributed by atoms with E-state index in [0.717, 1.165) is 28.2 Å². The van der Waals surface area contributed by atoms with Crippen molar-refractivity contribution < 1.29 is 0 Å². The summed E-state index contributed by atoms with van der Waals surface area (Å²) in [4.78, 5) is 8.89. The van der Waals surface area contributed by atoms with Crippen LogP contribution in [0, 0.1) is 0 Å². The molecule has 1 N–H and O–H groups in total. The van der Waals surface area contributed by atoms with E-state index in [2.05, 4.69) is 39.1 Å². The van der Waals surface area contributed by atoms with E-state index in [0.29, 0.717) is 6.54 Å². The van der Waals surface area contributed by atoms with Crippen LogP contribution in [0.15, 0.2) is 79.1 Å². The Kier molecular flexibility index (Phi) is 3.48. The molecule has 0 spiro atoms. The van der Waals surface area contributed by atoms with Gasteiger partial charge in [0.15, 0.2) is 0 Å². The van der Waals surface area contributed by atoms with Crippen LogP contribution in [-0.4, -0.2) is 14.5 Å². The highest BCUT2D eigenvalue weighted by atomic mass is 15.2. The summed E-state index contributed by atoms with van der Waals surface area (Å²) in [6.07, 6.45) is 3.64. The highest BCUT2D eigenvalue weighted by Crippen LogP contribution is 2.24. The van der Waals surface area contributed by atoms with Crippen LogP contribution in [0.1, 0.15) is 5.56 Å². The molecule has 0 atom stereocenters. The molecule has 4 nitrogen and oxygen atoms in total. The second-order valence-corrected chi connectivity index (χ2v) is 5.31. The Balaban J connectivity index is 1.76. The minimum absolute atomic E-state index is 0.685. The number of nitrogens with zero attached hydrogens (tertiary/aromatic N) is 3. The molecule has 0 amide bonds. The van der Waals surface area contributed by atoms with Crippen molar-refractivity contribution in [2.24, 2.45) is 0 Å². The van der Waals surface area contributed by atoms with Crippen molar-refractivity contribution in [3.63, 3.8) is 0 Å². The van der Waals surface area contributed by atoms with Gasteiger partial charge in [0.05, 0.1) is 11.0 Å². The Hall–Kier alpha value is -3.14. The molecule has 4 aromatic rings. The van der Waals surface area contributed by atoms with E-state index in [4.69, 9.17) is 4.98 Å². The lowest BCUT2D eigenvalue weighted by Crippen LogP contribution is -2.06. The van der Waals surface area contributed by atoms with Gasteiger partial charge in [-0.3, -0.25) is 9.55 Å². The average molecular weight is 300 g/mol. The van der Waals surface area contributed by atoms with E-state index in [9.17, 15) is 0 Å². The molecule has 0 aliphatic rings. The topological polar surface area (TPSA) is 42.7 Å². The van der Waals surface area contributed by atoms with E-state index in [1.165, 1.54) is 0 Å². The SMILES string of the molecule is c1ccc(-n2c(NCc3cccnc3)nc3ccccc32)cc1. The molecular weight excluding hydrogens is 284 g/mol. The largest absolute Gasteiger partial charge is 0.351 e. The number of imidazole rings is 1. The molecule has 0 saturated carbocycles. The van der Waals surface area contributed by atoms with Gasteiger partial charge in [-0.15, -0.1) is 0 Å². The average Bonchev–Trinajstić information content (AvgIpc) is 3.00. The zero-order chi connectivity index (χ0) is 15.5. The molecule has 2 aromatic heterocycles. The van der Waals surface area contributed by atoms with Crippen molar-refractivity contribution in [3.8, 4) is 5.69 Å². The third-order valence-electron chi connectivity index (χ3n) is 3.75. The first-order chi connectivity index (χ1) is 11.4. The van der Waals surface area contributed by atoms with Crippen molar-refractivity contribution in [1.29, 1.82) is 0 Å². The first-order valence-corrected chi connectivity index (χ1v) is 7.57. The van der Waals surface area contributed by atoms with Gasteiger partial charge in [0.25, 0.3) is 0 Å². The summed E-state index contributed by atoms with van der Waals surface area (Å²) in [5.41, 5.74) is 4.28. The lowest BCUT2D eigenvalue weighted by Gasteiger charge is -2.10. The maximum Gasteiger partial charge on any atom is 0.208 e. The fourth-order valence-corrected chi connectivity index (χ4v) is 2.67. The Morgan fingerprint density at radius 2 is 1.70 bits per heavy atom. The van der Waals surface area contributed by atoms with E-state index in [1.54, 1.807) is 6.20 Å². The van der Waals surface area contributed by atoms with Gasteiger partial charge in [0.2, 0.25) is 5.95 Å². The fourth-order valence-electron chi connectivity index (χ4n) is 2.67. The van der Waals surface area contributed by atoms with E-state index in [-0.39, 0.29) is 0 Å². The Bertz CT molecular complexity index is 914. The van der Waals surface area contributed by atoms with E-state index in [1.807, 2.05) is 48.7 Å². The molecule has 0 unspecified atom stereocenters. The third kappa shape index (κ3) is 2.66. The molecular formula is C19H16N4. The Morgan fingerprint density at radius 3 is 2.52 bits per heavy atom. The number of hydrogen-bond acceptors (Lipinski definition) is 3. The van der Waals surface area contributed by atoms with Crippen LogP contribution in [0.2, 0.25) is 0 Å². The van der Waals surface area contributed by atoms with Crippen molar-refractivity contribution in [2.45, 2.75) is 6.54 Å². The zero-order valence-corrected chi connectivity index (χ0v) is 12.6. The van der Waals surface area contributed by atoms with Crippen molar-refractivity contribution >= 4 is 17.0 Å². The molecule has 0 fully saturated rings. The molecule has 0 aliphatic heterocycles. The van der Waals surface area contributed by atoms with Crippen molar-refractivity contribution in [3.05, 3.63) is 84.7 Å². The monoisotopic (exact) mass is 300 g/mol. The summed E-state index contributed by atoms with van der Waals surface area (Å²) in [5.74, 6) is 0.834. The number of fused-ring (bicyclic) bond motifs is 1. The molecule has 4 heteroatoms. The van der Waals surface area contributed by atoms with Gasteiger partial charge in [-0.2, -0.15) is 0 Å². The maximum atomic E-state index is 4.74. The van der Waals surface area contributed by atoms with Crippen LogP contribution < -0.4 is 5.32 Å². The molecule has 2 aromatic carbocycles. The number of hydrogen-bond donors (Lipinski definition) is 1. The Morgan fingerprint density at radius 1 is 0.870 bits per heavy atom. The number of rotatable bonds is 4. The summed E-state index contributed by atoms with van der Waals surface area (Å²) in [5, 5.41) is 3.43. The van der Waals surface area contributed by atoms with Crippen LogP contribution >= 0.6 is 0 Å². The maximum absolute atomic E-state index is 4.74. The summed E-state index contributed by atoms with van der Waals surface area (Å²) < 4.78 is 2.14. The second-order valence-electron chi connectivity index (χ2n) is 5.31. The third-order valence-corrected chi connectivity index (χ3v) is 3.75. The van der Waals surface area contributed by atoms with Crippen molar-refractivity contribution in [1.82, 2.24) is 14.5 Å². The van der Waals surface area contributed by atoms with Crippen molar-refractivity contribution in [2.75, 3.05) is 5.32 Å². The number of aromatic nitrogens is 3. The quantitative estimate of drug-likeness (QED) is 0.618. The number of nitrogens with one attached hydrogen (secondary N) is 1. The van der Waals surface area contributed by atoms with E-state index >= 15 is 0 Å². The molecule has 0 aliphatic carbocycles. The molecule has 0 radical (unpaired) electrons. The minimum atomic E-state index is 0.685. The summed E-state index contributed by atoms with van der Waals surface area (Å²) in [7, 11) is 0. The number of anilines is 1. The second kappa shape index (κ2) is 5.93. The molecule has 112 valence electrons. The smallest absolute Gasteiger partial charge is 0.208 e. The summed E-state index contributed by atoms with van der Waals surface area (Å²) in [6.45, 7) is 0.685. The molecule has 23 heavy (non-hydrogen) atoms. The van der Waals surface area contributed by atoms with Gasteiger partial charge in [-0.05, 0) is 35.9 Å². The molecule has 0 bridgehead atoms. The van der Waals surface area contributed by atoms with Crippen LogP contribution in [0.3, 0.4) is 0 Å². The molecule has 2 heterocycles. The highest BCUT2D eigenvalue weighted by molar-refractivity contribution is 5.81. The van der Waals surface area contributed by atoms with Gasteiger partial charge < -0.3 is 5.32 Å². The van der Waals surface area contributed by atoms with Crippen LogP contribution in [0.25, 0.3) is 16.7 Å². The molecule has 4 rings (SSSR count). The lowest BCUT2D eigenvalue weighted by molar-refractivity contribution is 1.01. The number of para-hydroxylation sites is 3. The summed E-state index contributed by atoms with van der Waals surface area (Å²) in [6, 6.07) is 22.4.